The number of rotatable bonds is 2. The van der Waals surface area contributed by atoms with Gasteiger partial charge in [0.15, 0.2) is 0 Å². The predicted octanol–water partition coefficient (Wildman–Crippen LogP) is 3.06. The standard InChI is InChI=1S/C14H19BrN2.ClH/c15-13-3-1-2-12(8-13)9-17-7-5-14(11-17)4-6-16-10-14;/h1-3,8,16H,4-7,9-11H2;1H. The lowest BCUT2D eigenvalue weighted by molar-refractivity contribution is 0.268. The third kappa shape index (κ3) is 3.08. The van der Waals surface area contributed by atoms with Crippen LogP contribution in [0.25, 0.3) is 0 Å². The third-order valence-electron chi connectivity index (χ3n) is 4.14. The van der Waals surface area contributed by atoms with Crippen LogP contribution in [0.2, 0.25) is 0 Å². The molecule has 0 saturated carbocycles. The van der Waals surface area contributed by atoms with Gasteiger partial charge < -0.3 is 5.32 Å². The summed E-state index contributed by atoms with van der Waals surface area (Å²) in [6.07, 6.45) is 2.73. The van der Waals surface area contributed by atoms with Gasteiger partial charge in [0.05, 0.1) is 0 Å². The number of nitrogens with zero attached hydrogens (tertiary/aromatic N) is 1. The molecule has 1 N–H and O–H groups in total. The zero-order chi connectivity index (χ0) is 11.7. The number of hydrogen-bond acceptors (Lipinski definition) is 2. The van der Waals surface area contributed by atoms with Crippen molar-refractivity contribution < 1.29 is 0 Å². The second-order valence-corrected chi connectivity index (χ2v) is 6.43. The highest BCUT2D eigenvalue weighted by atomic mass is 79.9. The van der Waals surface area contributed by atoms with Gasteiger partial charge in [-0.2, -0.15) is 0 Å². The van der Waals surface area contributed by atoms with Crippen LogP contribution in [-0.2, 0) is 6.54 Å². The molecular formula is C14H20BrClN2. The first-order chi connectivity index (χ1) is 8.26. The molecule has 1 unspecified atom stereocenters. The van der Waals surface area contributed by atoms with Crippen molar-refractivity contribution in [2.45, 2.75) is 19.4 Å². The molecule has 1 aromatic carbocycles. The first-order valence-corrected chi connectivity index (χ1v) is 7.23. The van der Waals surface area contributed by atoms with E-state index in [4.69, 9.17) is 0 Å². The van der Waals surface area contributed by atoms with Crippen molar-refractivity contribution >= 4 is 28.3 Å². The van der Waals surface area contributed by atoms with E-state index in [0.29, 0.717) is 5.41 Å². The summed E-state index contributed by atoms with van der Waals surface area (Å²) in [6, 6.07) is 8.68. The maximum Gasteiger partial charge on any atom is 0.0234 e. The average molecular weight is 332 g/mol. The van der Waals surface area contributed by atoms with Gasteiger partial charge in [0.1, 0.15) is 0 Å². The number of benzene rings is 1. The monoisotopic (exact) mass is 330 g/mol. The molecule has 3 rings (SSSR count). The summed E-state index contributed by atoms with van der Waals surface area (Å²) in [5.41, 5.74) is 2.01. The summed E-state index contributed by atoms with van der Waals surface area (Å²) >= 11 is 3.54. The second-order valence-electron chi connectivity index (χ2n) is 5.52. The number of nitrogens with one attached hydrogen (secondary N) is 1. The maximum absolute atomic E-state index is 3.54. The fourth-order valence-corrected chi connectivity index (χ4v) is 3.65. The summed E-state index contributed by atoms with van der Waals surface area (Å²) in [6.45, 7) is 6.06. The highest BCUT2D eigenvalue weighted by Gasteiger charge is 2.39. The molecule has 2 heterocycles. The molecule has 0 aliphatic carbocycles. The Hall–Kier alpha value is -0.0900. The molecule has 4 heteroatoms. The molecule has 1 atom stereocenters. The molecule has 100 valence electrons. The highest BCUT2D eigenvalue weighted by molar-refractivity contribution is 9.10. The molecule has 2 saturated heterocycles. The molecule has 0 radical (unpaired) electrons. The summed E-state index contributed by atoms with van der Waals surface area (Å²) in [5, 5.41) is 3.51. The Morgan fingerprint density at radius 1 is 1.33 bits per heavy atom. The Kier molecular flexibility index (Phi) is 4.70. The number of hydrogen-bond donors (Lipinski definition) is 1. The van der Waals surface area contributed by atoms with Crippen LogP contribution in [0, 0.1) is 5.41 Å². The van der Waals surface area contributed by atoms with E-state index in [-0.39, 0.29) is 12.4 Å². The van der Waals surface area contributed by atoms with Crippen LogP contribution < -0.4 is 5.32 Å². The maximum atomic E-state index is 3.54. The Balaban J connectivity index is 0.00000120. The summed E-state index contributed by atoms with van der Waals surface area (Å²) in [5.74, 6) is 0. The summed E-state index contributed by atoms with van der Waals surface area (Å²) in [4.78, 5) is 2.61. The Morgan fingerprint density at radius 2 is 2.22 bits per heavy atom. The fraction of sp³-hybridized carbons (Fsp3) is 0.571. The van der Waals surface area contributed by atoms with E-state index in [0.717, 1.165) is 6.54 Å². The summed E-state index contributed by atoms with van der Waals surface area (Å²) in [7, 11) is 0. The average Bonchev–Trinajstić information content (AvgIpc) is 2.90. The van der Waals surface area contributed by atoms with Crippen LogP contribution in [0.1, 0.15) is 18.4 Å². The Bertz CT molecular complexity index is 405. The van der Waals surface area contributed by atoms with E-state index >= 15 is 0 Å². The number of likely N-dealkylation sites (tertiary alicyclic amines) is 1. The van der Waals surface area contributed by atoms with E-state index in [1.807, 2.05) is 0 Å². The van der Waals surface area contributed by atoms with Gasteiger partial charge in [-0.15, -0.1) is 12.4 Å². The van der Waals surface area contributed by atoms with Gasteiger partial charge in [-0.3, -0.25) is 4.90 Å². The van der Waals surface area contributed by atoms with Gasteiger partial charge in [0.25, 0.3) is 0 Å². The largest absolute Gasteiger partial charge is 0.316 e. The molecule has 2 nitrogen and oxygen atoms in total. The smallest absolute Gasteiger partial charge is 0.0234 e. The lowest BCUT2D eigenvalue weighted by Crippen LogP contribution is -2.28. The van der Waals surface area contributed by atoms with Crippen LogP contribution >= 0.6 is 28.3 Å². The quantitative estimate of drug-likeness (QED) is 0.896. The van der Waals surface area contributed by atoms with Gasteiger partial charge in [0.2, 0.25) is 0 Å². The molecule has 0 bridgehead atoms. The van der Waals surface area contributed by atoms with Gasteiger partial charge in [0, 0.05) is 24.1 Å². The minimum Gasteiger partial charge on any atom is -0.316 e. The van der Waals surface area contributed by atoms with Crippen molar-refractivity contribution in [3.8, 4) is 0 Å². The van der Waals surface area contributed by atoms with Crippen LogP contribution in [0.5, 0.6) is 0 Å². The van der Waals surface area contributed by atoms with Crippen LogP contribution in [0.3, 0.4) is 0 Å². The second kappa shape index (κ2) is 5.91. The van der Waals surface area contributed by atoms with Crippen LogP contribution in [0.4, 0.5) is 0 Å². The van der Waals surface area contributed by atoms with Crippen molar-refractivity contribution in [1.29, 1.82) is 0 Å². The molecular weight excluding hydrogens is 312 g/mol. The predicted molar refractivity (Wildman–Crippen MR) is 81.2 cm³/mol. The molecule has 2 aliphatic heterocycles. The van der Waals surface area contributed by atoms with Crippen molar-refractivity contribution in [3.63, 3.8) is 0 Å². The Morgan fingerprint density at radius 3 is 2.94 bits per heavy atom. The van der Waals surface area contributed by atoms with Crippen molar-refractivity contribution in [3.05, 3.63) is 34.3 Å². The first-order valence-electron chi connectivity index (χ1n) is 6.43. The first kappa shape index (κ1) is 14.3. The van der Waals surface area contributed by atoms with Crippen LogP contribution in [-0.4, -0.2) is 31.1 Å². The molecule has 2 aliphatic rings. The van der Waals surface area contributed by atoms with Crippen molar-refractivity contribution in [1.82, 2.24) is 10.2 Å². The van der Waals surface area contributed by atoms with Crippen LogP contribution in [0.15, 0.2) is 28.7 Å². The van der Waals surface area contributed by atoms with E-state index in [2.05, 4.69) is 50.4 Å². The lowest BCUT2D eigenvalue weighted by Gasteiger charge is -2.22. The fourth-order valence-electron chi connectivity index (χ4n) is 3.20. The highest BCUT2D eigenvalue weighted by Crippen LogP contribution is 2.36. The van der Waals surface area contributed by atoms with E-state index in [9.17, 15) is 0 Å². The SMILES string of the molecule is Brc1cccc(CN2CCC3(CCNC3)C2)c1.Cl. The molecule has 0 aromatic heterocycles. The molecule has 0 amide bonds. The topological polar surface area (TPSA) is 15.3 Å². The number of halogens is 2. The van der Waals surface area contributed by atoms with Crippen molar-refractivity contribution in [2.75, 3.05) is 26.2 Å². The minimum atomic E-state index is 0. The van der Waals surface area contributed by atoms with Gasteiger partial charge in [-0.1, -0.05) is 28.1 Å². The molecule has 2 fully saturated rings. The van der Waals surface area contributed by atoms with Gasteiger partial charge in [-0.05, 0) is 49.0 Å². The van der Waals surface area contributed by atoms with Crippen molar-refractivity contribution in [2.24, 2.45) is 5.41 Å². The Labute approximate surface area is 124 Å². The lowest BCUT2D eigenvalue weighted by atomic mass is 9.87. The third-order valence-corrected chi connectivity index (χ3v) is 4.64. The van der Waals surface area contributed by atoms with E-state index < -0.39 is 0 Å². The van der Waals surface area contributed by atoms with E-state index in [1.165, 1.54) is 49.1 Å². The van der Waals surface area contributed by atoms with Gasteiger partial charge >= 0.3 is 0 Å². The van der Waals surface area contributed by atoms with E-state index in [1.54, 1.807) is 0 Å². The normalized spacial score (nSPS) is 27.6. The minimum absolute atomic E-state index is 0. The zero-order valence-electron chi connectivity index (χ0n) is 10.5. The molecule has 1 aromatic rings. The molecule has 1 spiro atoms. The van der Waals surface area contributed by atoms with Gasteiger partial charge in [-0.25, -0.2) is 0 Å². The summed E-state index contributed by atoms with van der Waals surface area (Å²) < 4.78 is 1.19. The zero-order valence-corrected chi connectivity index (χ0v) is 12.9. The molecule has 18 heavy (non-hydrogen) atoms.